The van der Waals surface area contributed by atoms with Crippen molar-refractivity contribution >= 4 is 11.8 Å². The van der Waals surface area contributed by atoms with Crippen molar-refractivity contribution in [3.63, 3.8) is 0 Å². The zero-order chi connectivity index (χ0) is 15.5. The summed E-state index contributed by atoms with van der Waals surface area (Å²) in [5.74, 6) is 0.531. The fourth-order valence-electron chi connectivity index (χ4n) is 3.62. The molecule has 1 aromatic rings. The minimum atomic E-state index is -0.165. The molecule has 0 saturated carbocycles. The van der Waals surface area contributed by atoms with Crippen LogP contribution in [0.1, 0.15) is 24.3 Å². The van der Waals surface area contributed by atoms with Crippen LogP contribution in [0.5, 0.6) is 0 Å². The third-order valence-electron chi connectivity index (χ3n) is 4.88. The maximum atomic E-state index is 12.7. The standard InChI is InChI=1S/C17H23N3O2/c18-9-14-10-20(11-15(14)12-4-2-1-3-5-12)17(22)13-6-7-19-16(21)8-13/h1-5,13-15H,6-11,18H2,(H,19,21)/t13?,14-,15+/m1/s1. The number of benzene rings is 1. The lowest BCUT2D eigenvalue weighted by molar-refractivity contribution is -0.139. The van der Waals surface area contributed by atoms with Gasteiger partial charge in [-0.05, 0) is 24.4 Å². The fraction of sp³-hybridized carbons (Fsp3) is 0.529. The number of carbonyl (C=O) groups excluding carboxylic acids is 2. The average molecular weight is 301 g/mol. The molecule has 5 nitrogen and oxygen atoms in total. The highest BCUT2D eigenvalue weighted by molar-refractivity contribution is 5.87. The molecule has 118 valence electrons. The fourth-order valence-corrected chi connectivity index (χ4v) is 3.62. The minimum Gasteiger partial charge on any atom is -0.356 e. The molecule has 2 amide bonds. The van der Waals surface area contributed by atoms with Gasteiger partial charge in [0.05, 0.1) is 0 Å². The molecule has 0 bridgehead atoms. The highest BCUT2D eigenvalue weighted by Gasteiger charge is 2.38. The van der Waals surface area contributed by atoms with Gasteiger partial charge in [0, 0.05) is 37.9 Å². The molecule has 22 heavy (non-hydrogen) atoms. The molecule has 0 spiro atoms. The summed E-state index contributed by atoms with van der Waals surface area (Å²) in [6.07, 6.45) is 1.06. The lowest BCUT2D eigenvalue weighted by atomic mass is 9.89. The van der Waals surface area contributed by atoms with Gasteiger partial charge in [-0.25, -0.2) is 0 Å². The molecule has 0 radical (unpaired) electrons. The SMILES string of the molecule is NC[C@@H]1CN(C(=O)C2CCNC(=O)C2)C[C@H]1c1ccccc1. The molecule has 0 aliphatic carbocycles. The number of carbonyl (C=O) groups is 2. The number of rotatable bonds is 3. The van der Waals surface area contributed by atoms with Crippen molar-refractivity contribution in [2.75, 3.05) is 26.2 Å². The Bertz CT molecular complexity index is 546. The molecule has 2 heterocycles. The van der Waals surface area contributed by atoms with E-state index in [-0.39, 0.29) is 17.7 Å². The van der Waals surface area contributed by atoms with Gasteiger partial charge in [-0.2, -0.15) is 0 Å². The number of likely N-dealkylation sites (tertiary alicyclic amines) is 1. The zero-order valence-corrected chi connectivity index (χ0v) is 12.7. The van der Waals surface area contributed by atoms with Gasteiger partial charge in [-0.15, -0.1) is 0 Å². The molecule has 3 rings (SSSR count). The van der Waals surface area contributed by atoms with Crippen LogP contribution in [0.4, 0.5) is 0 Å². The van der Waals surface area contributed by atoms with Crippen LogP contribution in [-0.4, -0.2) is 42.9 Å². The minimum absolute atomic E-state index is 0.0150. The molecule has 2 saturated heterocycles. The summed E-state index contributed by atoms with van der Waals surface area (Å²) in [5, 5.41) is 2.78. The maximum Gasteiger partial charge on any atom is 0.226 e. The Hall–Kier alpha value is -1.88. The van der Waals surface area contributed by atoms with E-state index in [1.54, 1.807) is 0 Å². The number of hydrogen-bond acceptors (Lipinski definition) is 3. The second-order valence-corrected chi connectivity index (χ2v) is 6.30. The van der Waals surface area contributed by atoms with Gasteiger partial charge < -0.3 is 16.0 Å². The van der Waals surface area contributed by atoms with Crippen molar-refractivity contribution in [3.8, 4) is 0 Å². The van der Waals surface area contributed by atoms with E-state index in [2.05, 4.69) is 17.4 Å². The molecule has 1 unspecified atom stereocenters. The molecule has 1 aromatic carbocycles. The van der Waals surface area contributed by atoms with E-state index in [0.29, 0.717) is 44.4 Å². The third-order valence-corrected chi connectivity index (χ3v) is 4.88. The summed E-state index contributed by atoms with van der Waals surface area (Å²) in [6, 6.07) is 10.3. The van der Waals surface area contributed by atoms with E-state index in [0.717, 1.165) is 6.42 Å². The Labute approximate surface area is 130 Å². The quantitative estimate of drug-likeness (QED) is 0.863. The zero-order valence-electron chi connectivity index (χ0n) is 12.7. The summed E-state index contributed by atoms with van der Waals surface area (Å²) in [5.41, 5.74) is 7.17. The first-order valence-electron chi connectivity index (χ1n) is 7.99. The van der Waals surface area contributed by atoms with E-state index in [1.807, 2.05) is 23.1 Å². The Balaban J connectivity index is 1.71. The second-order valence-electron chi connectivity index (χ2n) is 6.30. The van der Waals surface area contributed by atoms with E-state index in [1.165, 1.54) is 5.56 Å². The molecular formula is C17H23N3O2. The number of nitrogens with two attached hydrogens (primary N) is 1. The summed E-state index contributed by atoms with van der Waals surface area (Å²) in [7, 11) is 0. The van der Waals surface area contributed by atoms with Crippen molar-refractivity contribution in [2.24, 2.45) is 17.6 Å². The van der Waals surface area contributed by atoms with E-state index in [4.69, 9.17) is 5.73 Å². The molecule has 3 atom stereocenters. The summed E-state index contributed by atoms with van der Waals surface area (Å²) in [4.78, 5) is 26.1. The Morgan fingerprint density at radius 2 is 2.05 bits per heavy atom. The first-order chi connectivity index (χ1) is 10.7. The first kappa shape index (κ1) is 15.0. The van der Waals surface area contributed by atoms with Crippen molar-refractivity contribution in [3.05, 3.63) is 35.9 Å². The smallest absolute Gasteiger partial charge is 0.226 e. The number of amides is 2. The van der Waals surface area contributed by atoms with Crippen LogP contribution in [0.3, 0.4) is 0 Å². The number of nitrogens with zero attached hydrogens (tertiary/aromatic N) is 1. The Kier molecular flexibility index (Phi) is 4.43. The van der Waals surface area contributed by atoms with Gasteiger partial charge in [-0.1, -0.05) is 30.3 Å². The average Bonchev–Trinajstić information content (AvgIpc) is 2.99. The monoisotopic (exact) mass is 301 g/mol. The van der Waals surface area contributed by atoms with Crippen LogP contribution in [0.15, 0.2) is 30.3 Å². The molecule has 0 aromatic heterocycles. The normalized spacial score (nSPS) is 28.5. The number of piperidine rings is 1. The summed E-state index contributed by atoms with van der Waals surface area (Å²) >= 11 is 0. The molecule has 2 aliphatic rings. The van der Waals surface area contributed by atoms with E-state index in [9.17, 15) is 9.59 Å². The van der Waals surface area contributed by atoms with Gasteiger partial charge in [-0.3, -0.25) is 9.59 Å². The largest absolute Gasteiger partial charge is 0.356 e. The van der Waals surface area contributed by atoms with Crippen molar-refractivity contribution in [1.82, 2.24) is 10.2 Å². The van der Waals surface area contributed by atoms with Crippen LogP contribution >= 0.6 is 0 Å². The highest BCUT2D eigenvalue weighted by Crippen LogP contribution is 2.33. The second kappa shape index (κ2) is 6.48. The predicted molar refractivity (Wildman–Crippen MR) is 84.0 cm³/mol. The highest BCUT2D eigenvalue weighted by atomic mass is 16.2. The van der Waals surface area contributed by atoms with Crippen LogP contribution in [-0.2, 0) is 9.59 Å². The van der Waals surface area contributed by atoms with Crippen molar-refractivity contribution < 1.29 is 9.59 Å². The molecule has 2 fully saturated rings. The van der Waals surface area contributed by atoms with Crippen LogP contribution in [0, 0.1) is 11.8 Å². The topological polar surface area (TPSA) is 75.4 Å². The van der Waals surface area contributed by atoms with Crippen molar-refractivity contribution in [2.45, 2.75) is 18.8 Å². The van der Waals surface area contributed by atoms with Gasteiger partial charge >= 0.3 is 0 Å². The van der Waals surface area contributed by atoms with Gasteiger partial charge in [0.1, 0.15) is 0 Å². The van der Waals surface area contributed by atoms with Gasteiger partial charge in [0.15, 0.2) is 0 Å². The molecule has 3 N–H and O–H groups in total. The van der Waals surface area contributed by atoms with E-state index < -0.39 is 0 Å². The Morgan fingerprint density at radius 1 is 1.27 bits per heavy atom. The van der Waals surface area contributed by atoms with Gasteiger partial charge in [0.2, 0.25) is 11.8 Å². The molecule has 5 heteroatoms. The van der Waals surface area contributed by atoms with Crippen molar-refractivity contribution in [1.29, 1.82) is 0 Å². The first-order valence-corrected chi connectivity index (χ1v) is 7.99. The predicted octanol–water partition coefficient (Wildman–Crippen LogP) is 0.714. The van der Waals surface area contributed by atoms with Crippen LogP contribution < -0.4 is 11.1 Å². The third kappa shape index (κ3) is 2.99. The lowest BCUT2D eigenvalue weighted by Gasteiger charge is -2.26. The lowest BCUT2D eigenvalue weighted by Crippen LogP contribution is -2.42. The molecular weight excluding hydrogens is 278 g/mol. The number of nitrogens with one attached hydrogen (secondary N) is 1. The van der Waals surface area contributed by atoms with Gasteiger partial charge in [0.25, 0.3) is 0 Å². The summed E-state index contributed by atoms with van der Waals surface area (Å²) in [6.45, 7) is 2.59. The summed E-state index contributed by atoms with van der Waals surface area (Å²) < 4.78 is 0. The number of hydrogen-bond donors (Lipinski definition) is 2. The maximum absolute atomic E-state index is 12.7. The van der Waals surface area contributed by atoms with Crippen LogP contribution in [0.2, 0.25) is 0 Å². The Morgan fingerprint density at radius 3 is 2.73 bits per heavy atom. The van der Waals surface area contributed by atoms with E-state index >= 15 is 0 Å². The van der Waals surface area contributed by atoms with Crippen LogP contribution in [0.25, 0.3) is 0 Å². The molecule has 2 aliphatic heterocycles.